The van der Waals surface area contributed by atoms with Crippen LogP contribution in [0.4, 0.5) is 5.69 Å². The van der Waals surface area contributed by atoms with Gasteiger partial charge in [0.2, 0.25) is 17.7 Å². The Hall–Kier alpha value is -0.730. The van der Waals surface area contributed by atoms with Crippen molar-refractivity contribution in [2.75, 3.05) is 11.9 Å². The summed E-state index contributed by atoms with van der Waals surface area (Å²) in [6.07, 6.45) is 3.69. The molecular formula is C21H23Br3N2O3. The lowest BCUT2D eigenvalue weighted by Crippen LogP contribution is -2.37. The molecule has 1 heterocycles. The Morgan fingerprint density at radius 1 is 0.966 bits per heavy atom. The molecule has 3 amide bonds. The summed E-state index contributed by atoms with van der Waals surface area (Å²) < 4.78 is 0.969. The number of halogens is 3. The van der Waals surface area contributed by atoms with Crippen LogP contribution in [-0.2, 0) is 14.4 Å². The maximum absolute atomic E-state index is 12.8. The second-order valence-electron chi connectivity index (χ2n) is 8.20. The summed E-state index contributed by atoms with van der Waals surface area (Å²) >= 11 is 10.8. The molecule has 2 saturated carbocycles. The van der Waals surface area contributed by atoms with Crippen LogP contribution in [0.15, 0.2) is 28.7 Å². The SMILES string of the molecule is O=C(CCCCCN1C(=O)C2C3CC(C(Br)C3Br)C2C1=O)Nc1ccc(Br)cc1. The zero-order valence-corrected chi connectivity index (χ0v) is 20.6. The molecule has 1 aromatic carbocycles. The van der Waals surface area contributed by atoms with Crippen molar-refractivity contribution < 1.29 is 14.4 Å². The molecule has 1 N–H and O–H groups in total. The van der Waals surface area contributed by atoms with Crippen LogP contribution in [-0.4, -0.2) is 38.8 Å². The van der Waals surface area contributed by atoms with Crippen molar-refractivity contribution >= 4 is 71.2 Å². The minimum atomic E-state index is -0.137. The van der Waals surface area contributed by atoms with Crippen LogP contribution in [0.1, 0.15) is 32.1 Å². The van der Waals surface area contributed by atoms with Gasteiger partial charge in [0.25, 0.3) is 0 Å². The number of fused-ring (bicyclic) bond motifs is 5. The number of alkyl halides is 2. The van der Waals surface area contributed by atoms with Crippen LogP contribution in [0.25, 0.3) is 0 Å². The van der Waals surface area contributed by atoms with Gasteiger partial charge in [-0.2, -0.15) is 0 Å². The first-order valence-electron chi connectivity index (χ1n) is 10.1. The summed E-state index contributed by atoms with van der Waals surface area (Å²) in [5.41, 5.74) is 0.780. The van der Waals surface area contributed by atoms with Crippen LogP contribution in [0.5, 0.6) is 0 Å². The van der Waals surface area contributed by atoms with E-state index in [9.17, 15) is 14.4 Å². The molecular weight excluding hydrogens is 568 g/mol. The molecule has 8 heteroatoms. The van der Waals surface area contributed by atoms with E-state index < -0.39 is 0 Å². The Kier molecular flexibility index (Phi) is 6.52. The Balaban J connectivity index is 1.20. The average Bonchev–Trinajstić information content (AvgIpc) is 3.29. The van der Waals surface area contributed by atoms with Crippen molar-refractivity contribution in [1.82, 2.24) is 4.90 Å². The van der Waals surface area contributed by atoms with Crippen molar-refractivity contribution in [2.45, 2.75) is 41.8 Å². The van der Waals surface area contributed by atoms with E-state index in [-0.39, 0.29) is 51.0 Å². The van der Waals surface area contributed by atoms with Gasteiger partial charge in [-0.25, -0.2) is 0 Å². The minimum Gasteiger partial charge on any atom is -0.326 e. The van der Waals surface area contributed by atoms with Gasteiger partial charge in [0.15, 0.2) is 0 Å². The Morgan fingerprint density at radius 3 is 2.14 bits per heavy atom. The zero-order chi connectivity index (χ0) is 20.7. The normalized spacial score (nSPS) is 32.7. The summed E-state index contributed by atoms with van der Waals surface area (Å²) in [7, 11) is 0. The number of likely N-dealkylation sites (tertiary alicyclic amines) is 1. The van der Waals surface area contributed by atoms with Gasteiger partial charge in [-0.05, 0) is 55.4 Å². The molecule has 29 heavy (non-hydrogen) atoms. The second kappa shape index (κ2) is 8.79. The Bertz CT molecular complexity index is 784. The third kappa shape index (κ3) is 4.09. The first-order valence-corrected chi connectivity index (χ1v) is 12.7. The van der Waals surface area contributed by atoms with E-state index in [1.807, 2.05) is 24.3 Å². The van der Waals surface area contributed by atoms with Gasteiger partial charge in [-0.15, -0.1) is 0 Å². The predicted molar refractivity (Wildman–Crippen MR) is 122 cm³/mol. The van der Waals surface area contributed by atoms with E-state index in [0.29, 0.717) is 13.0 Å². The number of nitrogens with zero attached hydrogens (tertiary/aromatic N) is 1. The fraction of sp³-hybridized carbons (Fsp3) is 0.571. The van der Waals surface area contributed by atoms with Gasteiger partial charge < -0.3 is 5.32 Å². The summed E-state index contributed by atoms with van der Waals surface area (Å²) in [6.45, 7) is 0.471. The van der Waals surface area contributed by atoms with Crippen LogP contribution in [0.3, 0.4) is 0 Å². The van der Waals surface area contributed by atoms with Crippen LogP contribution >= 0.6 is 47.8 Å². The van der Waals surface area contributed by atoms with E-state index >= 15 is 0 Å². The third-order valence-corrected chi connectivity index (χ3v) is 10.2. The number of hydrogen-bond donors (Lipinski definition) is 1. The molecule has 0 aromatic heterocycles. The molecule has 1 saturated heterocycles. The minimum absolute atomic E-state index is 0.0153. The summed E-state index contributed by atoms with van der Waals surface area (Å²) in [4.78, 5) is 39.8. The topological polar surface area (TPSA) is 66.5 Å². The number of carbonyl (C=O) groups is 3. The Morgan fingerprint density at radius 2 is 1.55 bits per heavy atom. The number of nitrogens with one attached hydrogen (secondary N) is 1. The molecule has 0 radical (unpaired) electrons. The van der Waals surface area contributed by atoms with Crippen molar-refractivity contribution in [2.24, 2.45) is 23.7 Å². The highest BCUT2D eigenvalue weighted by Crippen LogP contribution is 2.60. The standard InChI is InChI=1S/C21H23Br3N2O3/c22-11-5-7-12(8-6-11)25-15(27)4-2-1-3-9-26-20(28)16-13-10-14(17(16)21(26)29)19(24)18(13)23/h5-8,13-14,16-19H,1-4,9-10H2,(H,25,27). The van der Waals surface area contributed by atoms with Crippen molar-refractivity contribution in [3.05, 3.63) is 28.7 Å². The zero-order valence-electron chi connectivity index (χ0n) is 15.8. The number of unbranched alkanes of at least 4 members (excludes halogenated alkanes) is 2. The maximum Gasteiger partial charge on any atom is 0.233 e. The molecule has 0 spiro atoms. The number of hydrogen-bond acceptors (Lipinski definition) is 3. The van der Waals surface area contributed by atoms with E-state index in [1.54, 1.807) is 0 Å². The lowest BCUT2D eigenvalue weighted by atomic mass is 9.81. The van der Waals surface area contributed by atoms with E-state index in [2.05, 4.69) is 53.1 Å². The molecule has 6 unspecified atom stereocenters. The van der Waals surface area contributed by atoms with Crippen molar-refractivity contribution in [1.29, 1.82) is 0 Å². The van der Waals surface area contributed by atoms with Crippen molar-refractivity contribution in [3.63, 3.8) is 0 Å². The summed E-state index contributed by atoms with van der Waals surface area (Å²) in [5, 5.41) is 2.88. The average molecular weight is 591 g/mol. The van der Waals surface area contributed by atoms with E-state index in [1.165, 1.54) is 4.90 Å². The maximum atomic E-state index is 12.8. The predicted octanol–water partition coefficient (Wildman–Crippen LogP) is 4.73. The summed E-state index contributed by atoms with van der Waals surface area (Å²) in [6, 6.07) is 7.48. The Labute approximate surface area is 195 Å². The molecule has 6 atom stereocenters. The molecule has 5 nitrogen and oxygen atoms in total. The fourth-order valence-electron chi connectivity index (χ4n) is 5.12. The van der Waals surface area contributed by atoms with E-state index in [4.69, 9.17) is 0 Å². The fourth-order valence-corrected chi connectivity index (χ4v) is 7.26. The molecule has 2 bridgehead atoms. The molecule has 3 fully saturated rings. The van der Waals surface area contributed by atoms with Crippen LogP contribution < -0.4 is 5.32 Å². The molecule has 156 valence electrons. The highest BCUT2D eigenvalue weighted by atomic mass is 79.9. The van der Waals surface area contributed by atoms with Gasteiger partial charge in [0, 0.05) is 32.8 Å². The molecule has 2 aliphatic carbocycles. The first-order chi connectivity index (χ1) is 13.9. The molecule has 1 aromatic rings. The van der Waals surface area contributed by atoms with Crippen LogP contribution in [0, 0.1) is 23.7 Å². The summed E-state index contributed by atoms with van der Waals surface area (Å²) in [5.74, 6) is 0.271. The quantitative estimate of drug-likeness (QED) is 0.284. The van der Waals surface area contributed by atoms with Crippen molar-refractivity contribution in [3.8, 4) is 0 Å². The highest BCUT2D eigenvalue weighted by molar-refractivity contribution is 9.12. The van der Waals surface area contributed by atoms with Gasteiger partial charge in [-0.3, -0.25) is 19.3 Å². The molecule has 4 rings (SSSR count). The van der Waals surface area contributed by atoms with Gasteiger partial charge in [0.1, 0.15) is 0 Å². The number of rotatable bonds is 7. The number of anilines is 1. The second-order valence-corrected chi connectivity index (χ2v) is 11.2. The third-order valence-electron chi connectivity index (χ3n) is 6.49. The number of benzene rings is 1. The number of carbonyl (C=O) groups excluding carboxylic acids is 3. The number of amides is 3. The smallest absolute Gasteiger partial charge is 0.233 e. The van der Waals surface area contributed by atoms with Gasteiger partial charge in [-0.1, -0.05) is 54.2 Å². The van der Waals surface area contributed by atoms with Crippen LogP contribution in [0.2, 0.25) is 0 Å². The lowest BCUT2D eigenvalue weighted by Gasteiger charge is -2.28. The lowest BCUT2D eigenvalue weighted by molar-refractivity contribution is -0.140. The number of imide groups is 1. The van der Waals surface area contributed by atoms with Gasteiger partial charge in [0.05, 0.1) is 11.8 Å². The molecule has 1 aliphatic heterocycles. The van der Waals surface area contributed by atoms with Gasteiger partial charge >= 0.3 is 0 Å². The molecule has 3 aliphatic rings. The first kappa shape index (κ1) is 21.5. The van der Waals surface area contributed by atoms with E-state index in [0.717, 1.165) is 35.8 Å². The largest absolute Gasteiger partial charge is 0.326 e. The highest BCUT2D eigenvalue weighted by Gasteiger charge is 2.66. The monoisotopic (exact) mass is 588 g/mol.